The van der Waals surface area contributed by atoms with Crippen molar-refractivity contribution in [1.29, 1.82) is 0 Å². The Morgan fingerprint density at radius 1 is 1.07 bits per heavy atom. The summed E-state index contributed by atoms with van der Waals surface area (Å²) in [5, 5.41) is 3.58. The maximum absolute atomic E-state index is 6.15. The molecule has 2 unspecified atom stereocenters. The van der Waals surface area contributed by atoms with Crippen LogP contribution in [0.3, 0.4) is 0 Å². The summed E-state index contributed by atoms with van der Waals surface area (Å²) in [7, 11) is -0.337. The Hall–Kier alpha value is -0.665. The van der Waals surface area contributed by atoms with Gasteiger partial charge in [0.1, 0.15) is 5.82 Å². The summed E-state index contributed by atoms with van der Waals surface area (Å²) in [6, 6.07) is 7.09. The first-order valence-corrected chi connectivity index (χ1v) is 11.7. The monoisotopic (exact) mass is 423 g/mol. The maximum Gasteiger partial charge on any atom is 0.494 e. The number of nitrogens with zero attached hydrogens (tertiary/aromatic N) is 1. The molecular formula is C20H34BN3O2S2. The van der Waals surface area contributed by atoms with Crippen molar-refractivity contribution in [3.8, 4) is 0 Å². The number of fused-ring (bicyclic) bond motifs is 1. The van der Waals surface area contributed by atoms with Crippen LogP contribution >= 0.6 is 23.3 Å². The lowest BCUT2D eigenvalue weighted by atomic mass is 9.79. The van der Waals surface area contributed by atoms with Crippen LogP contribution in [0.2, 0.25) is 0 Å². The quantitative estimate of drug-likeness (QED) is 0.327. The second-order valence-corrected chi connectivity index (χ2v) is 8.18. The van der Waals surface area contributed by atoms with E-state index in [9.17, 15) is 0 Å². The molecule has 2 aromatic rings. The highest BCUT2D eigenvalue weighted by molar-refractivity contribution is 8.59. The average Bonchev–Trinajstić information content (AvgIpc) is 3.34. The van der Waals surface area contributed by atoms with Gasteiger partial charge in [-0.1, -0.05) is 19.9 Å². The maximum atomic E-state index is 6.15. The number of aromatic amines is 1. The van der Waals surface area contributed by atoms with Crippen LogP contribution in [0.15, 0.2) is 18.2 Å². The molecule has 4 rings (SSSR count). The van der Waals surface area contributed by atoms with Gasteiger partial charge in [0.15, 0.2) is 0 Å². The first kappa shape index (κ1) is 23.6. The van der Waals surface area contributed by atoms with Crippen molar-refractivity contribution < 1.29 is 9.31 Å². The molecular weight excluding hydrogens is 389 g/mol. The molecule has 5 nitrogen and oxygen atoms in total. The summed E-state index contributed by atoms with van der Waals surface area (Å²) in [6.45, 7) is 14.5. The predicted octanol–water partition coefficient (Wildman–Crippen LogP) is 4.46. The van der Waals surface area contributed by atoms with Gasteiger partial charge in [0.2, 0.25) is 0 Å². The van der Waals surface area contributed by atoms with E-state index in [1.807, 2.05) is 19.9 Å². The fourth-order valence-electron chi connectivity index (χ4n) is 3.48. The van der Waals surface area contributed by atoms with Crippen LogP contribution in [0.4, 0.5) is 0 Å². The van der Waals surface area contributed by atoms with Crippen molar-refractivity contribution >= 4 is 46.9 Å². The molecule has 2 atom stereocenters. The van der Waals surface area contributed by atoms with E-state index in [1.165, 1.54) is 6.42 Å². The van der Waals surface area contributed by atoms with Crippen molar-refractivity contribution in [2.24, 2.45) is 0 Å². The second-order valence-electron chi connectivity index (χ2n) is 8.18. The Kier molecular flexibility index (Phi) is 7.95. The van der Waals surface area contributed by atoms with E-state index in [2.05, 4.69) is 80.4 Å². The van der Waals surface area contributed by atoms with E-state index in [0.29, 0.717) is 12.1 Å². The van der Waals surface area contributed by atoms with Crippen molar-refractivity contribution in [1.82, 2.24) is 15.3 Å². The Morgan fingerprint density at radius 2 is 1.68 bits per heavy atom. The molecule has 0 saturated carbocycles. The normalized spacial score (nSPS) is 25.1. The number of thiol groups is 2. The summed E-state index contributed by atoms with van der Waals surface area (Å²) in [5.41, 5.74) is 2.42. The summed E-state index contributed by atoms with van der Waals surface area (Å²) < 4.78 is 12.3. The van der Waals surface area contributed by atoms with Crippen molar-refractivity contribution in [3.63, 3.8) is 0 Å². The number of hydrogen-bond donors (Lipinski definition) is 4. The predicted molar refractivity (Wildman–Crippen MR) is 126 cm³/mol. The fourth-order valence-corrected chi connectivity index (χ4v) is 3.48. The summed E-state index contributed by atoms with van der Waals surface area (Å²) >= 11 is 6.44. The zero-order valence-electron chi connectivity index (χ0n) is 18.0. The fraction of sp³-hybridized carbons (Fsp3) is 0.650. The van der Waals surface area contributed by atoms with Gasteiger partial charge < -0.3 is 19.6 Å². The molecule has 2 fully saturated rings. The minimum absolute atomic E-state index is 0.324. The Balaban J connectivity index is 0.000000660. The molecule has 0 amide bonds. The first-order chi connectivity index (χ1) is 13.2. The first-order valence-electron chi connectivity index (χ1n) is 10.1. The molecule has 2 saturated heterocycles. The van der Waals surface area contributed by atoms with Crippen molar-refractivity contribution in [2.45, 2.75) is 84.6 Å². The van der Waals surface area contributed by atoms with Crippen LogP contribution in [0.25, 0.3) is 11.0 Å². The molecule has 1 aromatic heterocycles. The molecule has 0 bridgehead atoms. The smallest absolute Gasteiger partial charge is 0.399 e. The van der Waals surface area contributed by atoms with Gasteiger partial charge in [-0.05, 0) is 65.1 Å². The van der Waals surface area contributed by atoms with E-state index < -0.39 is 0 Å². The molecule has 3 heterocycles. The number of imidazole rings is 1. The molecule has 156 valence electrons. The van der Waals surface area contributed by atoms with Gasteiger partial charge in [-0.25, -0.2) is 4.98 Å². The molecule has 0 radical (unpaired) electrons. The van der Waals surface area contributed by atoms with Gasteiger partial charge in [-0.15, -0.1) is 23.3 Å². The van der Waals surface area contributed by atoms with Gasteiger partial charge in [0.25, 0.3) is 0 Å². The molecule has 0 aliphatic carbocycles. The molecule has 8 heteroatoms. The number of benzene rings is 1. The number of hydrogen-bond acceptors (Lipinski definition) is 6. The highest BCUT2D eigenvalue weighted by Crippen LogP contribution is 2.36. The molecule has 0 spiro atoms. The van der Waals surface area contributed by atoms with Crippen LogP contribution in [0.1, 0.15) is 73.2 Å². The topological polar surface area (TPSA) is 59.2 Å². The second kappa shape index (κ2) is 9.43. The third-order valence-electron chi connectivity index (χ3n) is 5.75. The SMILES string of the molecule is CC.CC1CCC(c2nc3ccc(B4OC(C)(C)C(C)(C)O4)cc3[nH]2)N1.SS. The highest BCUT2D eigenvalue weighted by atomic mass is 33.1. The van der Waals surface area contributed by atoms with E-state index >= 15 is 0 Å². The van der Waals surface area contributed by atoms with Gasteiger partial charge in [-0.2, -0.15) is 0 Å². The van der Waals surface area contributed by atoms with Crippen molar-refractivity contribution in [2.75, 3.05) is 0 Å². The molecule has 28 heavy (non-hydrogen) atoms. The minimum atomic E-state index is -0.337. The van der Waals surface area contributed by atoms with Gasteiger partial charge in [0, 0.05) is 6.04 Å². The van der Waals surface area contributed by atoms with Crippen molar-refractivity contribution in [3.05, 3.63) is 24.0 Å². The average molecular weight is 423 g/mol. The standard InChI is InChI=1S/C18H26BN3O2.C2H6.H2S2/c1-11-6-8-14(20-11)16-21-13-9-7-12(10-15(13)22-16)19-23-17(2,3)18(4,5)24-19;2*1-2/h7,9-11,14,20H,6,8H2,1-5H3,(H,21,22);1-2H3;1-2H. The van der Waals surface area contributed by atoms with Crippen LogP contribution in [-0.2, 0) is 9.31 Å². The minimum Gasteiger partial charge on any atom is -0.399 e. The van der Waals surface area contributed by atoms with Gasteiger partial charge in [0.05, 0.1) is 28.3 Å². The van der Waals surface area contributed by atoms with E-state index in [-0.39, 0.29) is 18.3 Å². The summed E-state index contributed by atoms with van der Waals surface area (Å²) in [4.78, 5) is 8.23. The van der Waals surface area contributed by atoms with Gasteiger partial charge in [-0.3, -0.25) is 0 Å². The lowest BCUT2D eigenvalue weighted by Gasteiger charge is -2.32. The molecule has 2 aliphatic heterocycles. The third-order valence-corrected chi connectivity index (χ3v) is 5.75. The Labute approximate surface area is 180 Å². The lowest BCUT2D eigenvalue weighted by Crippen LogP contribution is -2.41. The largest absolute Gasteiger partial charge is 0.494 e. The zero-order chi connectivity index (χ0) is 21.1. The van der Waals surface area contributed by atoms with E-state index in [4.69, 9.17) is 14.3 Å². The van der Waals surface area contributed by atoms with E-state index in [0.717, 1.165) is 28.7 Å². The summed E-state index contributed by atoms with van der Waals surface area (Å²) in [6.07, 6.45) is 2.33. The molecule has 2 aliphatic rings. The van der Waals surface area contributed by atoms with Crippen LogP contribution in [0, 0.1) is 0 Å². The van der Waals surface area contributed by atoms with Crippen LogP contribution in [0.5, 0.6) is 0 Å². The summed E-state index contributed by atoms with van der Waals surface area (Å²) in [5.74, 6) is 1.03. The third kappa shape index (κ3) is 4.73. The van der Waals surface area contributed by atoms with Gasteiger partial charge >= 0.3 is 7.12 Å². The molecule has 2 N–H and O–H groups in total. The van der Waals surface area contributed by atoms with Crippen LogP contribution < -0.4 is 10.8 Å². The lowest BCUT2D eigenvalue weighted by molar-refractivity contribution is 0.00578. The molecule has 1 aromatic carbocycles. The zero-order valence-corrected chi connectivity index (χ0v) is 19.8. The van der Waals surface area contributed by atoms with E-state index in [1.54, 1.807) is 0 Å². The highest BCUT2D eigenvalue weighted by Gasteiger charge is 2.51. The number of H-pyrrole nitrogens is 1. The van der Waals surface area contributed by atoms with Crippen LogP contribution in [-0.4, -0.2) is 34.3 Å². The number of nitrogens with one attached hydrogen (secondary N) is 2. The number of rotatable bonds is 2. The number of aromatic nitrogens is 2. The Morgan fingerprint density at radius 3 is 2.21 bits per heavy atom. The Bertz CT molecular complexity index is 766.